The molecule has 2 aromatic carbocycles. The maximum absolute atomic E-state index is 12.4. The van der Waals surface area contributed by atoms with E-state index in [1.54, 1.807) is 30.3 Å². The van der Waals surface area contributed by atoms with Crippen molar-refractivity contribution in [2.24, 2.45) is 0 Å². The lowest BCUT2D eigenvalue weighted by Gasteiger charge is -2.14. The number of rotatable bonds is 8. The number of aromatic hydroxyl groups is 1. The first-order valence-corrected chi connectivity index (χ1v) is 8.08. The van der Waals surface area contributed by atoms with E-state index < -0.39 is 12.1 Å². The molecule has 2 rings (SSSR count). The number of carbonyl (C=O) groups excluding carboxylic acids is 2. The molecule has 0 bridgehead atoms. The molecule has 1 unspecified atom stereocenters. The van der Waals surface area contributed by atoms with E-state index in [-0.39, 0.29) is 41.4 Å². The SMILES string of the molecule is CC=C(O)C(=O)CCC(O)Oc1ccc(C(=O)c2ccccc2)c(O)c1. The van der Waals surface area contributed by atoms with E-state index in [1.165, 1.54) is 31.2 Å². The van der Waals surface area contributed by atoms with Crippen molar-refractivity contribution in [1.29, 1.82) is 0 Å². The number of benzene rings is 2. The second-order valence-electron chi connectivity index (χ2n) is 5.58. The molecule has 6 heteroatoms. The third-order valence-electron chi connectivity index (χ3n) is 3.70. The van der Waals surface area contributed by atoms with E-state index in [1.807, 2.05) is 0 Å². The molecule has 0 radical (unpaired) electrons. The van der Waals surface area contributed by atoms with Crippen molar-refractivity contribution in [2.45, 2.75) is 26.1 Å². The van der Waals surface area contributed by atoms with Crippen LogP contribution in [-0.2, 0) is 4.79 Å². The summed E-state index contributed by atoms with van der Waals surface area (Å²) in [5.41, 5.74) is 0.560. The molecule has 1 atom stereocenters. The summed E-state index contributed by atoms with van der Waals surface area (Å²) in [4.78, 5) is 23.8. The van der Waals surface area contributed by atoms with Crippen LogP contribution in [0.1, 0.15) is 35.7 Å². The lowest BCUT2D eigenvalue weighted by Crippen LogP contribution is -2.17. The Labute approximate surface area is 151 Å². The van der Waals surface area contributed by atoms with Gasteiger partial charge in [-0.2, -0.15) is 0 Å². The third kappa shape index (κ3) is 4.94. The highest BCUT2D eigenvalue weighted by atomic mass is 16.6. The quantitative estimate of drug-likeness (QED) is 0.290. The summed E-state index contributed by atoms with van der Waals surface area (Å²) in [6.07, 6.45) is -0.134. The van der Waals surface area contributed by atoms with Gasteiger partial charge in [-0.1, -0.05) is 30.3 Å². The monoisotopic (exact) mass is 356 g/mol. The number of phenols is 1. The molecule has 0 amide bonds. The van der Waals surface area contributed by atoms with Crippen LogP contribution in [0.3, 0.4) is 0 Å². The predicted octanol–water partition coefficient (Wildman–Crippen LogP) is 3.13. The minimum Gasteiger partial charge on any atom is -0.507 e. The molecule has 3 N–H and O–H groups in total. The minimum atomic E-state index is -1.29. The van der Waals surface area contributed by atoms with Crippen molar-refractivity contribution in [3.63, 3.8) is 0 Å². The van der Waals surface area contributed by atoms with E-state index in [4.69, 9.17) is 4.74 Å². The molecule has 0 aromatic heterocycles. The molecule has 0 aliphatic rings. The number of ketones is 2. The Morgan fingerprint density at radius 3 is 2.46 bits per heavy atom. The molecule has 0 saturated heterocycles. The lowest BCUT2D eigenvalue weighted by atomic mass is 10.0. The van der Waals surface area contributed by atoms with Gasteiger partial charge in [0, 0.05) is 24.5 Å². The molecular weight excluding hydrogens is 336 g/mol. The average molecular weight is 356 g/mol. The largest absolute Gasteiger partial charge is 0.507 e. The molecule has 0 saturated carbocycles. The Balaban J connectivity index is 2.01. The van der Waals surface area contributed by atoms with Gasteiger partial charge in [-0.15, -0.1) is 0 Å². The van der Waals surface area contributed by atoms with Crippen LogP contribution in [0.15, 0.2) is 60.4 Å². The topological polar surface area (TPSA) is 104 Å². The summed E-state index contributed by atoms with van der Waals surface area (Å²) >= 11 is 0. The standard InChI is InChI=1S/C20H20O6/c1-2-16(21)17(22)10-11-19(24)26-14-8-9-15(18(23)12-14)20(25)13-6-4-3-5-7-13/h2-9,12,19,21,23-24H,10-11H2,1H3. The fourth-order valence-corrected chi connectivity index (χ4v) is 2.28. The van der Waals surface area contributed by atoms with Gasteiger partial charge < -0.3 is 20.1 Å². The van der Waals surface area contributed by atoms with Crippen molar-refractivity contribution < 1.29 is 29.6 Å². The first-order chi connectivity index (χ1) is 12.4. The summed E-state index contributed by atoms with van der Waals surface area (Å²) in [6, 6.07) is 12.6. The van der Waals surface area contributed by atoms with Crippen molar-refractivity contribution >= 4 is 11.6 Å². The first-order valence-electron chi connectivity index (χ1n) is 8.08. The second kappa shape index (κ2) is 8.82. The second-order valence-corrected chi connectivity index (χ2v) is 5.58. The zero-order chi connectivity index (χ0) is 19.1. The maximum Gasteiger partial charge on any atom is 0.197 e. The Bertz CT molecular complexity index is 810. The number of aliphatic hydroxyl groups excluding tert-OH is 2. The van der Waals surface area contributed by atoms with Crippen LogP contribution in [0, 0.1) is 0 Å². The average Bonchev–Trinajstić information content (AvgIpc) is 2.65. The fourth-order valence-electron chi connectivity index (χ4n) is 2.28. The Morgan fingerprint density at radius 1 is 1.15 bits per heavy atom. The van der Waals surface area contributed by atoms with Crippen molar-refractivity contribution in [3.05, 3.63) is 71.5 Å². The fraction of sp³-hybridized carbons (Fsp3) is 0.200. The van der Waals surface area contributed by atoms with Crippen LogP contribution >= 0.6 is 0 Å². The summed E-state index contributed by atoms with van der Waals surface area (Å²) in [7, 11) is 0. The molecule has 6 nitrogen and oxygen atoms in total. The van der Waals surface area contributed by atoms with Gasteiger partial charge in [-0.3, -0.25) is 9.59 Å². The highest BCUT2D eigenvalue weighted by Gasteiger charge is 2.16. The Kier molecular flexibility index (Phi) is 6.52. The molecule has 26 heavy (non-hydrogen) atoms. The van der Waals surface area contributed by atoms with Crippen LogP contribution in [0.2, 0.25) is 0 Å². The van der Waals surface area contributed by atoms with Crippen LogP contribution in [0.25, 0.3) is 0 Å². The molecule has 0 spiro atoms. The third-order valence-corrected chi connectivity index (χ3v) is 3.70. The number of phenolic OH excluding ortho intramolecular Hbond substituents is 1. The Morgan fingerprint density at radius 2 is 1.85 bits per heavy atom. The van der Waals surface area contributed by atoms with Gasteiger partial charge in [0.15, 0.2) is 23.6 Å². The summed E-state index contributed by atoms with van der Waals surface area (Å²) in [6.45, 7) is 1.53. The molecule has 0 fully saturated rings. The van der Waals surface area contributed by atoms with E-state index in [9.17, 15) is 24.9 Å². The summed E-state index contributed by atoms with van der Waals surface area (Å²) in [5, 5.41) is 29.2. The number of ether oxygens (including phenoxy) is 1. The van der Waals surface area contributed by atoms with Gasteiger partial charge in [0.05, 0.1) is 5.56 Å². The van der Waals surface area contributed by atoms with E-state index in [2.05, 4.69) is 0 Å². The molecule has 2 aromatic rings. The zero-order valence-electron chi connectivity index (χ0n) is 14.3. The van der Waals surface area contributed by atoms with Crippen molar-refractivity contribution in [3.8, 4) is 11.5 Å². The molecule has 0 aliphatic carbocycles. The lowest BCUT2D eigenvalue weighted by molar-refractivity contribution is -0.119. The molecule has 136 valence electrons. The normalized spacial score (nSPS) is 12.5. The van der Waals surface area contributed by atoms with Gasteiger partial charge in [0.1, 0.15) is 11.5 Å². The van der Waals surface area contributed by atoms with Crippen molar-refractivity contribution in [1.82, 2.24) is 0 Å². The number of carbonyl (C=O) groups is 2. The summed E-state index contributed by atoms with van der Waals surface area (Å²) < 4.78 is 5.23. The van der Waals surface area contributed by atoms with Gasteiger partial charge in [0.25, 0.3) is 0 Å². The number of hydrogen-bond acceptors (Lipinski definition) is 6. The molecular formula is C20H20O6. The van der Waals surface area contributed by atoms with Gasteiger partial charge in [0.2, 0.25) is 0 Å². The number of hydrogen-bond donors (Lipinski definition) is 3. The first kappa shape index (κ1) is 19.2. The zero-order valence-corrected chi connectivity index (χ0v) is 14.3. The number of Topliss-reactive ketones (excluding diaryl/α,β-unsaturated/α-hetero) is 1. The minimum absolute atomic E-state index is 0.0256. The smallest absolute Gasteiger partial charge is 0.197 e. The highest BCUT2D eigenvalue weighted by Crippen LogP contribution is 2.26. The van der Waals surface area contributed by atoms with Crippen LogP contribution in [0.4, 0.5) is 0 Å². The van der Waals surface area contributed by atoms with Crippen LogP contribution < -0.4 is 4.74 Å². The van der Waals surface area contributed by atoms with Gasteiger partial charge in [-0.05, 0) is 25.1 Å². The van der Waals surface area contributed by atoms with Gasteiger partial charge >= 0.3 is 0 Å². The number of allylic oxidation sites excluding steroid dienone is 2. The van der Waals surface area contributed by atoms with Crippen LogP contribution in [0.5, 0.6) is 11.5 Å². The number of aliphatic hydroxyl groups is 2. The molecule has 0 aliphatic heterocycles. The highest BCUT2D eigenvalue weighted by molar-refractivity contribution is 6.10. The van der Waals surface area contributed by atoms with E-state index in [0.717, 1.165) is 0 Å². The van der Waals surface area contributed by atoms with E-state index >= 15 is 0 Å². The Hall–Kier alpha value is -3.12. The maximum atomic E-state index is 12.4. The van der Waals surface area contributed by atoms with Gasteiger partial charge in [-0.25, -0.2) is 0 Å². The van der Waals surface area contributed by atoms with Crippen LogP contribution in [-0.4, -0.2) is 33.2 Å². The van der Waals surface area contributed by atoms with Crippen molar-refractivity contribution in [2.75, 3.05) is 0 Å². The summed E-state index contributed by atoms with van der Waals surface area (Å²) in [5.74, 6) is -1.31. The predicted molar refractivity (Wildman–Crippen MR) is 95.2 cm³/mol. The molecule has 0 heterocycles. The van der Waals surface area contributed by atoms with E-state index in [0.29, 0.717) is 5.56 Å².